The molecule has 1 aromatic carbocycles. The topological polar surface area (TPSA) is 76.4 Å². The summed E-state index contributed by atoms with van der Waals surface area (Å²) in [6, 6.07) is 10.2. The van der Waals surface area contributed by atoms with Crippen molar-refractivity contribution in [1.82, 2.24) is 25.4 Å². The van der Waals surface area contributed by atoms with Crippen LogP contribution in [-0.2, 0) is 30.9 Å². The van der Waals surface area contributed by atoms with Gasteiger partial charge in [-0.1, -0.05) is 37.3 Å². The fraction of sp³-hybridized carbons (Fsp3) is 0.526. The molecule has 0 bridgehead atoms. The third-order valence-corrected chi connectivity index (χ3v) is 4.46. The third kappa shape index (κ3) is 6.46. The van der Waals surface area contributed by atoms with E-state index in [-0.39, 0.29) is 24.0 Å². The van der Waals surface area contributed by atoms with Gasteiger partial charge in [0.15, 0.2) is 11.8 Å². The van der Waals surface area contributed by atoms with E-state index >= 15 is 0 Å². The van der Waals surface area contributed by atoms with E-state index < -0.39 is 0 Å². The van der Waals surface area contributed by atoms with Gasteiger partial charge in [-0.15, -0.1) is 34.2 Å². The zero-order chi connectivity index (χ0) is 18.2. The van der Waals surface area contributed by atoms with E-state index in [0.29, 0.717) is 25.7 Å². The minimum absolute atomic E-state index is 0. The number of hydrogen-bond donors (Lipinski definition) is 2. The van der Waals surface area contributed by atoms with Gasteiger partial charge in [0.2, 0.25) is 0 Å². The van der Waals surface area contributed by atoms with Crippen molar-refractivity contribution in [3.8, 4) is 0 Å². The summed E-state index contributed by atoms with van der Waals surface area (Å²) in [7, 11) is 1.78. The van der Waals surface area contributed by atoms with Gasteiger partial charge in [0.1, 0.15) is 5.82 Å². The maximum absolute atomic E-state index is 5.79. The summed E-state index contributed by atoms with van der Waals surface area (Å²) in [6.45, 7) is 5.96. The van der Waals surface area contributed by atoms with E-state index in [9.17, 15) is 0 Å². The fourth-order valence-corrected chi connectivity index (χ4v) is 3.01. The molecule has 0 aliphatic carbocycles. The molecule has 1 unspecified atom stereocenters. The highest BCUT2D eigenvalue weighted by atomic mass is 127. The Kier molecular flexibility index (Phi) is 8.99. The Labute approximate surface area is 178 Å². The standard InChI is InChI=1S/C19H28N6O.HI/c1-15(13-26-14-16-7-4-3-5-8-16)11-21-19(20-2)22-12-18-24-23-17-9-6-10-25(17)18;/h3-5,7-8,15H,6,9-14H2,1-2H3,(H2,20,21,22);1H. The summed E-state index contributed by atoms with van der Waals surface area (Å²) in [4.78, 5) is 4.28. The summed E-state index contributed by atoms with van der Waals surface area (Å²) in [6.07, 6.45) is 2.19. The van der Waals surface area contributed by atoms with Crippen LogP contribution in [0, 0.1) is 5.92 Å². The predicted octanol–water partition coefficient (Wildman–Crippen LogP) is 2.36. The Morgan fingerprint density at radius 3 is 2.85 bits per heavy atom. The monoisotopic (exact) mass is 484 g/mol. The average molecular weight is 484 g/mol. The molecule has 2 aromatic rings. The first-order valence-electron chi connectivity index (χ1n) is 9.23. The van der Waals surface area contributed by atoms with E-state index in [2.05, 4.69) is 49.4 Å². The van der Waals surface area contributed by atoms with Crippen molar-refractivity contribution in [3.05, 3.63) is 47.5 Å². The average Bonchev–Trinajstić information content (AvgIpc) is 3.27. The van der Waals surface area contributed by atoms with Crippen molar-refractivity contribution in [2.24, 2.45) is 10.9 Å². The second-order valence-electron chi connectivity index (χ2n) is 6.70. The number of ether oxygens (including phenoxy) is 1. The van der Waals surface area contributed by atoms with Gasteiger partial charge in [-0.2, -0.15) is 0 Å². The van der Waals surface area contributed by atoms with Crippen molar-refractivity contribution in [2.75, 3.05) is 20.2 Å². The number of halogens is 1. The molecule has 0 spiro atoms. The quantitative estimate of drug-likeness (QED) is 0.342. The Balaban J connectivity index is 0.00000261. The first-order chi connectivity index (χ1) is 12.8. The molecule has 148 valence electrons. The van der Waals surface area contributed by atoms with Crippen LogP contribution in [0.15, 0.2) is 35.3 Å². The molecule has 0 amide bonds. The molecule has 1 atom stereocenters. The Bertz CT molecular complexity index is 718. The Hall–Kier alpha value is -1.68. The number of hydrogen-bond acceptors (Lipinski definition) is 4. The van der Waals surface area contributed by atoms with Gasteiger partial charge in [-0.05, 0) is 17.9 Å². The fourth-order valence-electron chi connectivity index (χ4n) is 3.01. The first-order valence-corrected chi connectivity index (χ1v) is 9.23. The van der Waals surface area contributed by atoms with E-state index in [1.807, 2.05) is 18.2 Å². The van der Waals surface area contributed by atoms with Crippen molar-refractivity contribution in [2.45, 2.75) is 39.5 Å². The molecule has 1 aliphatic rings. The molecule has 27 heavy (non-hydrogen) atoms. The number of aromatic nitrogens is 3. The molecule has 3 rings (SSSR count). The van der Waals surface area contributed by atoms with Gasteiger partial charge in [-0.3, -0.25) is 4.99 Å². The van der Waals surface area contributed by atoms with Crippen LogP contribution in [0.1, 0.15) is 30.6 Å². The highest BCUT2D eigenvalue weighted by Crippen LogP contribution is 2.13. The largest absolute Gasteiger partial charge is 0.376 e. The smallest absolute Gasteiger partial charge is 0.191 e. The van der Waals surface area contributed by atoms with E-state index in [1.165, 1.54) is 5.56 Å². The minimum Gasteiger partial charge on any atom is -0.376 e. The molecule has 8 heteroatoms. The predicted molar refractivity (Wildman–Crippen MR) is 117 cm³/mol. The van der Waals surface area contributed by atoms with Gasteiger partial charge in [0.25, 0.3) is 0 Å². The number of benzene rings is 1. The van der Waals surface area contributed by atoms with Crippen molar-refractivity contribution in [3.63, 3.8) is 0 Å². The first kappa shape index (κ1) is 21.6. The van der Waals surface area contributed by atoms with Gasteiger partial charge < -0.3 is 19.9 Å². The molecular weight excluding hydrogens is 455 g/mol. The number of aliphatic imine (C=N–C) groups is 1. The minimum atomic E-state index is 0. The van der Waals surface area contributed by atoms with Crippen LogP contribution >= 0.6 is 24.0 Å². The van der Waals surface area contributed by atoms with Crippen LogP contribution in [0.5, 0.6) is 0 Å². The molecule has 0 fully saturated rings. The molecule has 0 saturated carbocycles. The lowest BCUT2D eigenvalue weighted by Gasteiger charge is -2.16. The lowest BCUT2D eigenvalue weighted by Crippen LogP contribution is -2.40. The van der Waals surface area contributed by atoms with Crippen LogP contribution < -0.4 is 10.6 Å². The zero-order valence-corrected chi connectivity index (χ0v) is 18.3. The van der Waals surface area contributed by atoms with Crippen LogP contribution in [0.25, 0.3) is 0 Å². The number of rotatable bonds is 8. The van der Waals surface area contributed by atoms with Crippen LogP contribution in [0.2, 0.25) is 0 Å². The number of fused-ring (bicyclic) bond motifs is 1. The lowest BCUT2D eigenvalue weighted by atomic mass is 10.2. The number of nitrogens with zero attached hydrogens (tertiary/aromatic N) is 4. The Morgan fingerprint density at radius 2 is 2.07 bits per heavy atom. The molecule has 1 aromatic heterocycles. The SMILES string of the molecule is CN=C(NCc1nnc2n1CCC2)NCC(C)COCc1ccccc1.I. The van der Waals surface area contributed by atoms with Crippen molar-refractivity contribution >= 4 is 29.9 Å². The molecule has 2 N–H and O–H groups in total. The van der Waals surface area contributed by atoms with Gasteiger partial charge >= 0.3 is 0 Å². The molecular formula is C19H29IN6O. The van der Waals surface area contributed by atoms with E-state index in [4.69, 9.17) is 4.74 Å². The van der Waals surface area contributed by atoms with Crippen molar-refractivity contribution in [1.29, 1.82) is 0 Å². The maximum atomic E-state index is 5.79. The zero-order valence-electron chi connectivity index (χ0n) is 16.0. The molecule has 0 radical (unpaired) electrons. The number of guanidine groups is 1. The molecule has 2 heterocycles. The number of aryl methyl sites for hydroxylation is 1. The van der Waals surface area contributed by atoms with Gasteiger partial charge in [0.05, 0.1) is 19.8 Å². The highest BCUT2D eigenvalue weighted by molar-refractivity contribution is 14.0. The second-order valence-corrected chi connectivity index (χ2v) is 6.70. The van der Waals surface area contributed by atoms with E-state index in [0.717, 1.165) is 43.5 Å². The van der Waals surface area contributed by atoms with Gasteiger partial charge in [0, 0.05) is 26.6 Å². The molecule has 1 aliphatic heterocycles. The Morgan fingerprint density at radius 1 is 1.26 bits per heavy atom. The van der Waals surface area contributed by atoms with E-state index in [1.54, 1.807) is 7.05 Å². The second kappa shape index (κ2) is 11.2. The number of nitrogens with one attached hydrogen (secondary N) is 2. The van der Waals surface area contributed by atoms with Crippen LogP contribution in [0.3, 0.4) is 0 Å². The summed E-state index contributed by atoms with van der Waals surface area (Å²) >= 11 is 0. The van der Waals surface area contributed by atoms with Crippen molar-refractivity contribution < 1.29 is 4.74 Å². The normalized spacial score (nSPS) is 14.4. The third-order valence-electron chi connectivity index (χ3n) is 4.46. The molecule has 0 saturated heterocycles. The van der Waals surface area contributed by atoms with Crippen LogP contribution in [0.4, 0.5) is 0 Å². The summed E-state index contributed by atoms with van der Waals surface area (Å²) < 4.78 is 7.99. The van der Waals surface area contributed by atoms with Gasteiger partial charge in [-0.25, -0.2) is 0 Å². The lowest BCUT2D eigenvalue weighted by molar-refractivity contribution is 0.0931. The summed E-state index contributed by atoms with van der Waals surface area (Å²) in [5.41, 5.74) is 1.20. The molecule has 7 nitrogen and oxygen atoms in total. The van der Waals surface area contributed by atoms with Crippen LogP contribution in [-0.4, -0.2) is 40.9 Å². The maximum Gasteiger partial charge on any atom is 0.191 e. The highest BCUT2D eigenvalue weighted by Gasteiger charge is 2.17. The summed E-state index contributed by atoms with van der Waals surface area (Å²) in [5.74, 6) is 3.22. The summed E-state index contributed by atoms with van der Waals surface area (Å²) in [5, 5.41) is 15.1.